The number of hydrogen-bond acceptors (Lipinski definition) is 0. The van der Waals surface area contributed by atoms with Crippen LogP contribution in [0.2, 0.25) is 0 Å². The first-order valence-electron chi connectivity index (χ1n) is 3.00. The minimum atomic E-state index is -1.07. The lowest BCUT2D eigenvalue weighted by molar-refractivity contribution is 0.337. The topological polar surface area (TPSA) is 0 Å². The molecule has 0 radical (unpaired) electrons. The Morgan fingerprint density at radius 2 is 1.89 bits per heavy atom. The first-order valence-corrected chi connectivity index (χ1v) is 3.00. The summed E-state index contributed by atoms with van der Waals surface area (Å²) in [6, 6.07) is 0. The van der Waals surface area contributed by atoms with Gasteiger partial charge >= 0.3 is 0 Å². The van der Waals surface area contributed by atoms with Crippen LogP contribution in [0.25, 0.3) is 0 Å². The van der Waals surface area contributed by atoms with Crippen molar-refractivity contribution in [1.82, 2.24) is 0 Å². The highest BCUT2D eigenvalue weighted by atomic mass is 19.1. The van der Waals surface area contributed by atoms with E-state index >= 15 is 0 Å². The van der Waals surface area contributed by atoms with Gasteiger partial charge < -0.3 is 0 Å². The van der Waals surface area contributed by atoms with E-state index in [-0.39, 0.29) is 12.2 Å². The summed E-state index contributed by atoms with van der Waals surface area (Å²) >= 11 is 0. The molecule has 0 spiro atoms. The summed E-state index contributed by atoms with van der Waals surface area (Å²) in [5.41, 5.74) is 0.569. The van der Waals surface area contributed by atoms with Crippen molar-refractivity contribution in [3.63, 3.8) is 0 Å². The quantitative estimate of drug-likeness (QED) is 0.544. The zero-order valence-corrected chi connectivity index (χ0v) is 6.04. The Balaban J connectivity index is 3.77. The van der Waals surface area contributed by atoms with Crippen molar-refractivity contribution in [3.8, 4) is 0 Å². The highest BCUT2D eigenvalue weighted by molar-refractivity contribution is 5.01. The van der Waals surface area contributed by atoms with Crippen LogP contribution in [0.3, 0.4) is 0 Å². The lowest BCUT2D eigenvalue weighted by Crippen LogP contribution is -1.92. The summed E-state index contributed by atoms with van der Waals surface area (Å²) in [7, 11) is 0. The van der Waals surface area contributed by atoms with Crippen molar-refractivity contribution in [2.45, 2.75) is 33.4 Å². The van der Waals surface area contributed by atoms with Crippen LogP contribution >= 0.6 is 0 Å². The van der Waals surface area contributed by atoms with Gasteiger partial charge in [-0.3, -0.25) is 0 Å². The molecule has 0 amide bonds. The maximum Gasteiger partial charge on any atom is 0.104 e. The van der Waals surface area contributed by atoms with Crippen LogP contribution < -0.4 is 0 Å². The van der Waals surface area contributed by atoms with Crippen molar-refractivity contribution in [3.05, 3.63) is 11.4 Å². The van der Waals surface area contributed by atoms with E-state index in [0.717, 1.165) is 0 Å². The molecule has 0 saturated heterocycles. The van der Waals surface area contributed by atoms with Crippen LogP contribution in [0, 0.1) is 0 Å². The Morgan fingerprint density at radius 3 is 2.00 bits per heavy atom. The van der Waals surface area contributed by atoms with Gasteiger partial charge in [0, 0.05) is 6.42 Å². The molecule has 2 heteroatoms. The fourth-order valence-corrected chi connectivity index (χ4v) is 0.451. The second-order valence-corrected chi connectivity index (χ2v) is 2.39. The van der Waals surface area contributed by atoms with E-state index in [1.807, 2.05) is 0 Å². The number of hydrogen-bond donors (Lipinski definition) is 0. The molecule has 9 heavy (non-hydrogen) atoms. The largest absolute Gasteiger partial charge is 0.247 e. The highest BCUT2D eigenvalue weighted by Crippen LogP contribution is 2.13. The summed E-state index contributed by atoms with van der Waals surface area (Å²) in [6.45, 7) is 4.62. The van der Waals surface area contributed by atoms with Crippen molar-refractivity contribution < 1.29 is 8.78 Å². The van der Waals surface area contributed by atoms with E-state index in [2.05, 4.69) is 0 Å². The smallest absolute Gasteiger partial charge is 0.104 e. The van der Waals surface area contributed by atoms with Gasteiger partial charge in [0.25, 0.3) is 0 Å². The van der Waals surface area contributed by atoms with Gasteiger partial charge in [0.15, 0.2) is 0 Å². The summed E-state index contributed by atoms with van der Waals surface area (Å²) in [4.78, 5) is 0. The molecule has 0 aliphatic heterocycles. The Kier molecular flexibility index (Phi) is 3.43. The molecule has 0 saturated carbocycles. The monoisotopic (exact) mass is 134 g/mol. The van der Waals surface area contributed by atoms with Crippen LogP contribution in [0.1, 0.15) is 27.2 Å². The van der Waals surface area contributed by atoms with Crippen LogP contribution in [-0.2, 0) is 0 Å². The highest BCUT2D eigenvalue weighted by Gasteiger charge is 2.03. The first kappa shape index (κ1) is 8.60. The minimum Gasteiger partial charge on any atom is -0.247 e. The molecule has 0 aromatic heterocycles. The Labute approximate surface area is 54.6 Å². The number of allylic oxidation sites excluding steroid dienone is 2. The second kappa shape index (κ2) is 3.59. The average molecular weight is 134 g/mol. The van der Waals surface area contributed by atoms with Gasteiger partial charge in [-0.05, 0) is 26.3 Å². The number of halogens is 2. The molecule has 0 aromatic carbocycles. The van der Waals surface area contributed by atoms with Crippen molar-refractivity contribution in [2.24, 2.45) is 0 Å². The predicted octanol–water partition coefficient (Wildman–Crippen LogP) is 3.00. The molecule has 0 rings (SSSR count). The fourth-order valence-electron chi connectivity index (χ4n) is 0.451. The third-order valence-electron chi connectivity index (χ3n) is 1.00. The van der Waals surface area contributed by atoms with Gasteiger partial charge in [0.2, 0.25) is 0 Å². The minimum absolute atomic E-state index is 0.0810. The summed E-state index contributed by atoms with van der Waals surface area (Å²) < 4.78 is 24.5. The molecule has 0 heterocycles. The molecule has 0 fully saturated rings. The van der Waals surface area contributed by atoms with Crippen LogP contribution in [-0.4, -0.2) is 6.17 Å². The molecule has 0 aromatic rings. The molecule has 0 bridgehead atoms. The zero-order valence-electron chi connectivity index (χ0n) is 6.04. The molecule has 1 atom stereocenters. The van der Waals surface area contributed by atoms with E-state index in [9.17, 15) is 8.78 Å². The molecule has 0 nitrogen and oxygen atoms in total. The van der Waals surface area contributed by atoms with E-state index in [1.165, 1.54) is 6.92 Å². The van der Waals surface area contributed by atoms with Crippen LogP contribution in [0.4, 0.5) is 8.78 Å². The third-order valence-corrected chi connectivity index (χ3v) is 1.00. The van der Waals surface area contributed by atoms with E-state index in [0.29, 0.717) is 5.57 Å². The van der Waals surface area contributed by atoms with Gasteiger partial charge in [0.05, 0.1) is 0 Å². The molecular weight excluding hydrogens is 122 g/mol. The maximum absolute atomic E-state index is 12.4. The molecule has 0 aliphatic rings. The average Bonchev–Trinajstić information content (AvgIpc) is 1.63. The molecule has 0 aliphatic carbocycles. The lowest BCUT2D eigenvalue weighted by atomic mass is 10.2. The first-order chi connectivity index (χ1) is 4.04. The van der Waals surface area contributed by atoms with Crippen LogP contribution in [0.5, 0.6) is 0 Å². The van der Waals surface area contributed by atoms with Crippen LogP contribution in [0.15, 0.2) is 11.4 Å². The molecule has 54 valence electrons. The normalized spacial score (nSPS) is 13.0. The van der Waals surface area contributed by atoms with Gasteiger partial charge in [-0.25, -0.2) is 8.78 Å². The Morgan fingerprint density at radius 1 is 1.44 bits per heavy atom. The number of alkyl halides is 1. The summed E-state index contributed by atoms with van der Waals surface area (Å²) in [5.74, 6) is -0.329. The summed E-state index contributed by atoms with van der Waals surface area (Å²) in [5, 5.41) is 0. The Bertz CT molecular complexity index is 110. The third kappa shape index (κ3) is 4.13. The van der Waals surface area contributed by atoms with E-state index in [4.69, 9.17) is 0 Å². The van der Waals surface area contributed by atoms with E-state index < -0.39 is 6.17 Å². The number of rotatable bonds is 2. The fraction of sp³-hybridized carbons (Fsp3) is 0.714. The molecule has 0 N–H and O–H groups in total. The standard InChI is InChI=1S/C7H12F2/c1-5(2)7(9)4-6(3)8/h6H,4H2,1-3H3. The lowest BCUT2D eigenvalue weighted by Gasteiger charge is -1.99. The second-order valence-electron chi connectivity index (χ2n) is 2.39. The Hall–Kier alpha value is -0.400. The van der Waals surface area contributed by atoms with E-state index in [1.54, 1.807) is 13.8 Å². The van der Waals surface area contributed by atoms with Gasteiger partial charge in [-0.2, -0.15) is 0 Å². The maximum atomic E-state index is 12.4. The predicted molar refractivity (Wildman–Crippen MR) is 34.7 cm³/mol. The summed E-state index contributed by atoms with van der Waals surface area (Å²) in [6.07, 6.45) is -1.15. The molecule has 1 unspecified atom stereocenters. The van der Waals surface area contributed by atoms with Crippen molar-refractivity contribution >= 4 is 0 Å². The van der Waals surface area contributed by atoms with Gasteiger partial charge in [0.1, 0.15) is 12.0 Å². The molecular formula is C7H12F2. The van der Waals surface area contributed by atoms with Gasteiger partial charge in [-0.1, -0.05) is 0 Å². The zero-order chi connectivity index (χ0) is 7.44. The SMILES string of the molecule is CC(C)=C(F)CC(C)F. The van der Waals surface area contributed by atoms with Crippen molar-refractivity contribution in [1.29, 1.82) is 0 Å². The van der Waals surface area contributed by atoms with Gasteiger partial charge in [-0.15, -0.1) is 0 Å². The van der Waals surface area contributed by atoms with Crippen molar-refractivity contribution in [2.75, 3.05) is 0 Å².